The average Bonchev–Trinajstić information content (AvgIpc) is 2.69. The predicted molar refractivity (Wildman–Crippen MR) is 69.3 cm³/mol. The van der Waals surface area contributed by atoms with Gasteiger partial charge < -0.3 is 5.73 Å². The summed E-state index contributed by atoms with van der Waals surface area (Å²) >= 11 is 1.11. The molecule has 0 atom stereocenters. The summed E-state index contributed by atoms with van der Waals surface area (Å²) < 4.78 is 40.9. The third-order valence-corrected chi connectivity index (χ3v) is 3.67. The second-order valence-electron chi connectivity index (χ2n) is 3.99. The van der Waals surface area contributed by atoms with Gasteiger partial charge in [-0.2, -0.15) is 0 Å². The number of rotatable bonds is 1. The first-order chi connectivity index (χ1) is 9.04. The molecular formula is C13H7F3N2S. The van der Waals surface area contributed by atoms with E-state index in [0.29, 0.717) is 23.3 Å². The number of anilines is 1. The topological polar surface area (TPSA) is 38.9 Å². The highest BCUT2D eigenvalue weighted by molar-refractivity contribution is 7.21. The van der Waals surface area contributed by atoms with E-state index in [1.54, 1.807) is 18.2 Å². The molecular weight excluding hydrogens is 273 g/mol. The van der Waals surface area contributed by atoms with E-state index >= 15 is 0 Å². The van der Waals surface area contributed by atoms with Crippen LogP contribution in [0.25, 0.3) is 20.8 Å². The van der Waals surface area contributed by atoms with Crippen molar-refractivity contribution in [1.29, 1.82) is 0 Å². The lowest BCUT2D eigenvalue weighted by Crippen LogP contribution is -1.91. The van der Waals surface area contributed by atoms with E-state index in [2.05, 4.69) is 4.98 Å². The lowest BCUT2D eigenvalue weighted by atomic mass is 10.2. The number of benzene rings is 2. The van der Waals surface area contributed by atoms with Gasteiger partial charge in [0.2, 0.25) is 0 Å². The Balaban J connectivity index is 2.24. The Morgan fingerprint density at radius 3 is 2.37 bits per heavy atom. The van der Waals surface area contributed by atoms with Crippen molar-refractivity contribution < 1.29 is 13.2 Å². The number of nitrogen functional groups attached to an aromatic ring is 1. The number of aromatic nitrogens is 1. The number of nitrogens with two attached hydrogens (primary N) is 1. The van der Waals surface area contributed by atoms with E-state index in [-0.39, 0.29) is 10.6 Å². The zero-order valence-electron chi connectivity index (χ0n) is 9.45. The van der Waals surface area contributed by atoms with Crippen molar-refractivity contribution in [3.05, 3.63) is 47.8 Å². The van der Waals surface area contributed by atoms with Gasteiger partial charge in [0.15, 0.2) is 0 Å². The molecule has 0 radical (unpaired) electrons. The second kappa shape index (κ2) is 4.24. The number of hydrogen-bond acceptors (Lipinski definition) is 3. The van der Waals surface area contributed by atoms with Crippen LogP contribution in [0.3, 0.4) is 0 Å². The molecule has 19 heavy (non-hydrogen) atoms. The van der Waals surface area contributed by atoms with Gasteiger partial charge in [0.05, 0.1) is 15.8 Å². The molecule has 3 rings (SSSR count). The highest BCUT2D eigenvalue weighted by Gasteiger charge is 2.17. The summed E-state index contributed by atoms with van der Waals surface area (Å²) in [5.41, 5.74) is 6.45. The maximum Gasteiger partial charge on any atom is 0.139 e. The van der Waals surface area contributed by atoms with Crippen molar-refractivity contribution in [3.8, 4) is 10.6 Å². The van der Waals surface area contributed by atoms with Crippen molar-refractivity contribution in [3.63, 3.8) is 0 Å². The molecule has 6 heteroatoms. The maximum atomic E-state index is 13.7. The lowest BCUT2D eigenvalue weighted by molar-refractivity contribution is 0.548. The summed E-state index contributed by atoms with van der Waals surface area (Å²) in [6.07, 6.45) is 0. The molecule has 0 spiro atoms. The molecule has 0 amide bonds. The van der Waals surface area contributed by atoms with Gasteiger partial charge in [-0.1, -0.05) is 0 Å². The summed E-state index contributed by atoms with van der Waals surface area (Å²) in [4.78, 5) is 4.14. The minimum absolute atomic E-state index is 0.163. The summed E-state index contributed by atoms with van der Waals surface area (Å²) in [5, 5.41) is 0.163. The Morgan fingerprint density at radius 2 is 1.68 bits per heavy atom. The van der Waals surface area contributed by atoms with Gasteiger partial charge >= 0.3 is 0 Å². The molecule has 0 aliphatic rings. The largest absolute Gasteiger partial charge is 0.399 e. The fourth-order valence-electron chi connectivity index (χ4n) is 1.79. The molecule has 2 nitrogen and oxygen atoms in total. The Kier molecular flexibility index (Phi) is 2.67. The first kappa shape index (κ1) is 12.0. The Hall–Kier alpha value is -2.08. The molecule has 0 aliphatic carbocycles. The van der Waals surface area contributed by atoms with Gasteiger partial charge in [-0.05, 0) is 18.2 Å². The minimum Gasteiger partial charge on any atom is -0.399 e. The first-order valence-electron chi connectivity index (χ1n) is 5.35. The molecule has 0 bridgehead atoms. The molecule has 0 unspecified atom stereocenters. The van der Waals surface area contributed by atoms with Crippen LogP contribution in [0.1, 0.15) is 0 Å². The van der Waals surface area contributed by atoms with Crippen LogP contribution in [0.4, 0.5) is 18.9 Å². The molecule has 96 valence electrons. The molecule has 1 aromatic heterocycles. The molecule has 2 N–H and O–H groups in total. The fraction of sp³-hybridized carbons (Fsp3) is 0. The zero-order valence-corrected chi connectivity index (χ0v) is 10.3. The monoisotopic (exact) mass is 280 g/mol. The Morgan fingerprint density at radius 1 is 1.00 bits per heavy atom. The Labute approximate surface area is 110 Å². The van der Waals surface area contributed by atoms with E-state index in [9.17, 15) is 13.2 Å². The van der Waals surface area contributed by atoms with Gasteiger partial charge in [0.1, 0.15) is 22.5 Å². The minimum atomic E-state index is -0.968. The summed E-state index contributed by atoms with van der Waals surface area (Å²) in [6.45, 7) is 0. The van der Waals surface area contributed by atoms with Gasteiger partial charge in [-0.15, -0.1) is 11.3 Å². The number of hydrogen-bond donors (Lipinski definition) is 1. The fourth-order valence-corrected chi connectivity index (χ4v) is 2.86. The third kappa shape index (κ3) is 2.04. The standard InChI is InChI=1S/C13H7F3N2S/c14-6-3-8(15)12(9(16)4-6)13-18-10-2-1-7(17)5-11(10)19-13/h1-5H,17H2. The number of halogens is 3. The average molecular weight is 280 g/mol. The molecule has 3 aromatic rings. The van der Waals surface area contributed by atoms with Crippen LogP contribution in [0, 0.1) is 17.5 Å². The van der Waals surface area contributed by atoms with Gasteiger partial charge in [0.25, 0.3) is 0 Å². The van der Waals surface area contributed by atoms with Crippen LogP contribution >= 0.6 is 11.3 Å². The molecule has 0 saturated carbocycles. The maximum absolute atomic E-state index is 13.7. The highest BCUT2D eigenvalue weighted by atomic mass is 32.1. The summed E-state index contributed by atoms with van der Waals surface area (Å²) in [7, 11) is 0. The van der Waals surface area contributed by atoms with Crippen molar-refractivity contribution in [2.45, 2.75) is 0 Å². The van der Waals surface area contributed by atoms with Crippen LogP contribution < -0.4 is 5.73 Å². The van der Waals surface area contributed by atoms with Gasteiger partial charge in [-0.25, -0.2) is 18.2 Å². The van der Waals surface area contributed by atoms with E-state index in [1.165, 1.54) is 0 Å². The van der Waals surface area contributed by atoms with Crippen LogP contribution in [0.5, 0.6) is 0 Å². The molecule has 0 aliphatic heterocycles. The van der Waals surface area contributed by atoms with E-state index in [1.807, 2.05) is 0 Å². The van der Waals surface area contributed by atoms with Crippen LogP contribution in [-0.2, 0) is 0 Å². The third-order valence-electron chi connectivity index (χ3n) is 2.63. The van der Waals surface area contributed by atoms with Crippen molar-refractivity contribution in [2.75, 3.05) is 5.73 Å². The first-order valence-corrected chi connectivity index (χ1v) is 6.17. The van der Waals surface area contributed by atoms with Crippen molar-refractivity contribution >= 4 is 27.2 Å². The summed E-state index contributed by atoms with van der Waals surface area (Å²) in [5.74, 6) is -2.89. The van der Waals surface area contributed by atoms with E-state index < -0.39 is 17.5 Å². The van der Waals surface area contributed by atoms with Crippen LogP contribution in [-0.4, -0.2) is 4.98 Å². The van der Waals surface area contributed by atoms with E-state index in [0.717, 1.165) is 16.0 Å². The van der Waals surface area contributed by atoms with Gasteiger partial charge in [-0.3, -0.25) is 0 Å². The van der Waals surface area contributed by atoms with Crippen LogP contribution in [0.2, 0.25) is 0 Å². The molecule has 0 fully saturated rings. The van der Waals surface area contributed by atoms with Crippen molar-refractivity contribution in [2.24, 2.45) is 0 Å². The van der Waals surface area contributed by atoms with Gasteiger partial charge in [0, 0.05) is 17.8 Å². The second-order valence-corrected chi connectivity index (χ2v) is 5.02. The Bertz CT molecular complexity index is 760. The molecule has 1 heterocycles. The normalized spacial score (nSPS) is 11.1. The SMILES string of the molecule is Nc1ccc2nc(-c3c(F)cc(F)cc3F)sc2c1. The predicted octanol–water partition coefficient (Wildman–Crippen LogP) is 3.96. The summed E-state index contributed by atoms with van der Waals surface area (Å²) in [6, 6.07) is 6.28. The van der Waals surface area contributed by atoms with Crippen molar-refractivity contribution in [1.82, 2.24) is 4.98 Å². The number of thiazole rings is 1. The smallest absolute Gasteiger partial charge is 0.139 e. The lowest BCUT2D eigenvalue weighted by Gasteiger charge is -2.00. The zero-order chi connectivity index (χ0) is 13.6. The number of nitrogens with zero attached hydrogens (tertiary/aromatic N) is 1. The van der Waals surface area contributed by atoms with E-state index in [4.69, 9.17) is 5.73 Å². The number of fused-ring (bicyclic) bond motifs is 1. The quantitative estimate of drug-likeness (QED) is 0.685. The molecule has 2 aromatic carbocycles. The van der Waals surface area contributed by atoms with Crippen LogP contribution in [0.15, 0.2) is 30.3 Å². The highest BCUT2D eigenvalue weighted by Crippen LogP contribution is 2.34. The molecule has 0 saturated heterocycles.